The molecule has 0 saturated carbocycles. The maximum absolute atomic E-state index is 12.1. The number of carbonyl (C=O) groups is 1. The zero-order chi connectivity index (χ0) is 14.9. The van der Waals surface area contributed by atoms with Crippen LogP contribution in [0.4, 0.5) is 5.69 Å². The van der Waals surface area contributed by atoms with E-state index >= 15 is 0 Å². The first-order chi connectivity index (χ1) is 9.29. The van der Waals surface area contributed by atoms with Crippen LogP contribution in [0, 0.1) is 6.92 Å². The minimum atomic E-state index is -3.77. The number of halogens is 1. The molecule has 8 heteroatoms. The average Bonchev–Trinajstić information content (AvgIpc) is 2.84. The smallest absolute Gasteiger partial charge is 0.345 e. The van der Waals surface area contributed by atoms with Crippen molar-refractivity contribution in [2.75, 3.05) is 4.72 Å². The number of carboxylic acid groups (broad SMARTS) is 1. The molecule has 0 unspecified atom stereocenters. The number of hydrogen-bond acceptors (Lipinski definition) is 4. The Morgan fingerprint density at radius 3 is 2.55 bits per heavy atom. The van der Waals surface area contributed by atoms with Gasteiger partial charge in [0, 0.05) is 10.2 Å². The highest BCUT2D eigenvalue weighted by atomic mass is 79.9. The molecule has 0 aliphatic heterocycles. The van der Waals surface area contributed by atoms with Crippen LogP contribution < -0.4 is 4.72 Å². The summed E-state index contributed by atoms with van der Waals surface area (Å²) >= 11 is 4.04. The molecule has 0 spiro atoms. The van der Waals surface area contributed by atoms with Gasteiger partial charge in [0.1, 0.15) is 9.09 Å². The van der Waals surface area contributed by atoms with E-state index in [2.05, 4.69) is 20.7 Å². The second-order valence-corrected chi connectivity index (χ2v) is 7.84. The number of anilines is 1. The SMILES string of the molecule is Cc1ccc(NS(=O)(=O)c2ccc(C(=O)O)s2)cc1Br. The maximum atomic E-state index is 12.1. The normalized spacial score (nSPS) is 11.3. The van der Waals surface area contributed by atoms with Crippen molar-refractivity contribution in [1.29, 1.82) is 0 Å². The molecule has 0 atom stereocenters. The Bertz CT molecular complexity index is 768. The van der Waals surface area contributed by atoms with E-state index in [4.69, 9.17) is 5.11 Å². The number of nitrogens with one attached hydrogen (secondary N) is 1. The van der Waals surface area contributed by atoms with Crippen molar-refractivity contribution in [1.82, 2.24) is 0 Å². The summed E-state index contributed by atoms with van der Waals surface area (Å²) in [5, 5.41) is 8.81. The molecule has 0 bridgehead atoms. The summed E-state index contributed by atoms with van der Waals surface area (Å²) in [5.74, 6) is -1.14. The molecular weight excluding hydrogens is 366 g/mol. The van der Waals surface area contributed by atoms with Gasteiger partial charge in [-0.2, -0.15) is 0 Å². The zero-order valence-corrected chi connectivity index (χ0v) is 13.5. The van der Waals surface area contributed by atoms with Gasteiger partial charge in [-0.05, 0) is 36.8 Å². The van der Waals surface area contributed by atoms with E-state index in [9.17, 15) is 13.2 Å². The zero-order valence-electron chi connectivity index (χ0n) is 10.3. The fourth-order valence-electron chi connectivity index (χ4n) is 1.44. The first-order valence-corrected chi connectivity index (χ1v) is 8.51. The maximum Gasteiger partial charge on any atom is 0.345 e. The lowest BCUT2D eigenvalue weighted by Gasteiger charge is -2.07. The summed E-state index contributed by atoms with van der Waals surface area (Å²) in [7, 11) is -3.77. The Morgan fingerprint density at radius 1 is 1.30 bits per heavy atom. The van der Waals surface area contributed by atoms with Crippen LogP contribution in [0.1, 0.15) is 15.2 Å². The number of benzene rings is 1. The summed E-state index contributed by atoms with van der Waals surface area (Å²) in [6.07, 6.45) is 0. The molecule has 1 aromatic heterocycles. The third kappa shape index (κ3) is 3.20. The highest BCUT2D eigenvalue weighted by Gasteiger charge is 2.19. The lowest BCUT2D eigenvalue weighted by atomic mass is 10.2. The number of aromatic carboxylic acids is 1. The molecule has 0 aliphatic carbocycles. The van der Waals surface area contributed by atoms with Crippen LogP contribution in [0.2, 0.25) is 0 Å². The van der Waals surface area contributed by atoms with Gasteiger partial charge in [-0.25, -0.2) is 13.2 Å². The van der Waals surface area contributed by atoms with Crippen molar-refractivity contribution in [2.45, 2.75) is 11.1 Å². The lowest BCUT2D eigenvalue weighted by molar-refractivity contribution is 0.0702. The van der Waals surface area contributed by atoms with Gasteiger partial charge in [-0.15, -0.1) is 11.3 Å². The quantitative estimate of drug-likeness (QED) is 0.858. The Balaban J connectivity index is 2.30. The minimum absolute atomic E-state index is 0.0181. The van der Waals surface area contributed by atoms with E-state index in [0.29, 0.717) is 17.0 Å². The highest BCUT2D eigenvalue weighted by Crippen LogP contribution is 2.26. The summed E-state index contributed by atoms with van der Waals surface area (Å²) in [4.78, 5) is 10.8. The summed E-state index contributed by atoms with van der Waals surface area (Å²) in [6, 6.07) is 7.62. The molecular formula is C12H10BrNO4S2. The van der Waals surface area contributed by atoms with Gasteiger partial charge < -0.3 is 5.11 Å². The van der Waals surface area contributed by atoms with E-state index in [1.54, 1.807) is 18.2 Å². The van der Waals surface area contributed by atoms with E-state index < -0.39 is 16.0 Å². The number of rotatable bonds is 4. The van der Waals surface area contributed by atoms with Gasteiger partial charge in [0.25, 0.3) is 10.0 Å². The van der Waals surface area contributed by atoms with E-state index in [0.717, 1.165) is 10.0 Å². The van der Waals surface area contributed by atoms with Crippen LogP contribution in [0.5, 0.6) is 0 Å². The third-order valence-corrected chi connectivity index (χ3v) is 6.28. The van der Waals surface area contributed by atoms with Crippen molar-refractivity contribution in [3.8, 4) is 0 Å². The van der Waals surface area contributed by atoms with Crippen LogP contribution in [-0.4, -0.2) is 19.5 Å². The molecule has 0 aliphatic rings. The minimum Gasteiger partial charge on any atom is -0.477 e. The largest absolute Gasteiger partial charge is 0.477 e. The molecule has 2 N–H and O–H groups in total. The van der Waals surface area contributed by atoms with Crippen molar-refractivity contribution in [3.05, 3.63) is 45.2 Å². The first kappa shape index (κ1) is 15.0. The fourth-order valence-corrected chi connectivity index (χ4v) is 4.01. The van der Waals surface area contributed by atoms with Gasteiger partial charge in [-0.3, -0.25) is 4.72 Å². The van der Waals surface area contributed by atoms with E-state index in [-0.39, 0.29) is 9.09 Å². The fraction of sp³-hybridized carbons (Fsp3) is 0.0833. The van der Waals surface area contributed by atoms with Gasteiger partial charge >= 0.3 is 5.97 Å². The van der Waals surface area contributed by atoms with Crippen LogP contribution in [0.15, 0.2) is 39.0 Å². The van der Waals surface area contributed by atoms with Gasteiger partial charge in [-0.1, -0.05) is 22.0 Å². The second-order valence-electron chi connectivity index (χ2n) is 3.99. The van der Waals surface area contributed by atoms with Gasteiger partial charge in [0.05, 0.1) is 0 Å². The molecule has 1 heterocycles. The molecule has 2 rings (SSSR count). The molecule has 0 radical (unpaired) electrons. The van der Waals surface area contributed by atoms with Crippen molar-refractivity contribution in [3.63, 3.8) is 0 Å². The van der Waals surface area contributed by atoms with E-state index in [1.165, 1.54) is 12.1 Å². The molecule has 2 aromatic rings. The lowest BCUT2D eigenvalue weighted by Crippen LogP contribution is -2.11. The Kier molecular flexibility index (Phi) is 4.17. The number of sulfonamides is 1. The first-order valence-electron chi connectivity index (χ1n) is 5.42. The van der Waals surface area contributed by atoms with Crippen LogP contribution in [0.3, 0.4) is 0 Å². The van der Waals surface area contributed by atoms with Gasteiger partial charge in [0.2, 0.25) is 0 Å². The van der Waals surface area contributed by atoms with E-state index in [1.807, 2.05) is 6.92 Å². The predicted octanol–water partition coefficient (Wildman–Crippen LogP) is 3.32. The summed E-state index contributed by atoms with van der Waals surface area (Å²) in [6.45, 7) is 1.89. The van der Waals surface area contributed by atoms with Crippen LogP contribution in [-0.2, 0) is 10.0 Å². The average molecular weight is 376 g/mol. The molecule has 0 amide bonds. The van der Waals surface area contributed by atoms with Crippen molar-refractivity contribution < 1.29 is 18.3 Å². The summed E-state index contributed by atoms with van der Waals surface area (Å²) in [5.41, 5.74) is 1.39. The molecule has 106 valence electrons. The molecule has 0 saturated heterocycles. The molecule has 5 nitrogen and oxygen atoms in total. The number of hydrogen-bond donors (Lipinski definition) is 2. The molecule has 0 fully saturated rings. The number of aryl methyl sites for hydroxylation is 1. The van der Waals surface area contributed by atoms with Crippen LogP contribution in [0.25, 0.3) is 0 Å². The topological polar surface area (TPSA) is 83.5 Å². The molecule has 1 aromatic carbocycles. The Morgan fingerprint density at radius 2 is 2.00 bits per heavy atom. The number of carboxylic acids is 1. The molecule has 20 heavy (non-hydrogen) atoms. The number of thiophene rings is 1. The van der Waals surface area contributed by atoms with Crippen molar-refractivity contribution in [2.24, 2.45) is 0 Å². The van der Waals surface area contributed by atoms with Crippen LogP contribution >= 0.6 is 27.3 Å². The third-order valence-electron chi connectivity index (χ3n) is 2.48. The predicted molar refractivity (Wildman–Crippen MR) is 81.0 cm³/mol. The van der Waals surface area contributed by atoms with Crippen molar-refractivity contribution >= 4 is 48.9 Å². The highest BCUT2D eigenvalue weighted by molar-refractivity contribution is 9.10. The summed E-state index contributed by atoms with van der Waals surface area (Å²) < 4.78 is 27.4. The standard InChI is InChI=1S/C12H10BrNO4S2/c1-7-2-3-8(6-9(7)13)14-20(17,18)11-5-4-10(19-11)12(15)16/h2-6,14H,1H3,(H,15,16). The Labute approximate surface area is 128 Å². The monoisotopic (exact) mass is 375 g/mol. The second kappa shape index (κ2) is 5.55. The van der Waals surface area contributed by atoms with Gasteiger partial charge in [0.15, 0.2) is 0 Å². The Hall–Kier alpha value is -1.38.